The second kappa shape index (κ2) is 3.90. The van der Waals surface area contributed by atoms with E-state index in [9.17, 15) is 4.79 Å². The van der Waals surface area contributed by atoms with Crippen LogP contribution in [0.4, 0.5) is 0 Å². The van der Waals surface area contributed by atoms with Crippen molar-refractivity contribution in [1.82, 2.24) is 0 Å². The minimum Gasteiger partial charge on any atom is -0.294 e. The molecule has 0 bridgehead atoms. The van der Waals surface area contributed by atoms with Crippen LogP contribution < -0.4 is 0 Å². The molecule has 64 valence electrons. The average Bonchev–Trinajstić information content (AvgIpc) is 2.00. The molecule has 0 aliphatic carbocycles. The molecular formula is C8H5Br2ClO. The van der Waals surface area contributed by atoms with Gasteiger partial charge in [-0.05, 0) is 50.9 Å². The van der Waals surface area contributed by atoms with Crippen molar-refractivity contribution in [2.75, 3.05) is 0 Å². The van der Waals surface area contributed by atoms with Gasteiger partial charge >= 0.3 is 0 Å². The van der Waals surface area contributed by atoms with Gasteiger partial charge in [0.05, 0.1) is 9.50 Å². The maximum Gasteiger partial charge on any atom is 0.161 e. The SMILES string of the molecule is CC(=O)c1ccc(Br)c(Br)c1Cl. The molecule has 0 saturated carbocycles. The van der Waals surface area contributed by atoms with E-state index in [0.717, 1.165) is 8.95 Å². The Balaban J connectivity index is 3.36. The summed E-state index contributed by atoms with van der Waals surface area (Å²) in [7, 11) is 0. The third-order valence-electron chi connectivity index (χ3n) is 1.41. The summed E-state index contributed by atoms with van der Waals surface area (Å²) >= 11 is 12.4. The van der Waals surface area contributed by atoms with Crippen molar-refractivity contribution in [2.45, 2.75) is 6.92 Å². The molecule has 0 amide bonds. The normalized spacial score (nSPS) is 10.0. The first-order valence-corrected chi connectivity index (χ1v) is 5.15. The quantitative estimate of drug-likeness (QED) is 0.564. The molecule has 0 atom stereocenters. The van der Waals surface area contributed by atoms with E-state index in [0.29, 0.717) is 10.6 Å². The van der Waals surface area contributed by atoms with Crippen LogP contribution in [0.25, 0.3) is 0 Å². The van der Waals surface area contributed by atoms with Crippen molar-refractivity contribution in [3.63, 3.8) is 0 Å². The van der Waals surface area contributed by atoms with Crippen LogP contribution >= 0.6 is 43.5 Å². The molecule has 1 aromatic carbocycles. The number of halogens is 3. The number of rotatable bonds is 1. The first-order chi connectivity index (χ1) is 5.54. The van der Waals surface area contributed by atoms with E-state index in [1.165, 1.54) is 6.92 Å². The monoisotopic (exact) mass is 310 g/mol. The molecule has 0 unspecified atom stereocenters. The first-order valence-electron chi connectivity index (χ1n) is 3.18. The molecule has 1 rings (SSSR count). The van der Waals surface area contributed by atoms with Crippen molar-refractivity contribution in [2.24, 2.45) is 0 Å². The molecule has 0 N–H and O–H groups in total. The van der Waals surface area contributed by atoms with Crippen molar-refractivity contribution < 1.29 is 4.79 Å². The van der Waals surface area contributed by atoms with E-state index in [1.807, 2.05) is 0 Å². The van der Waals surface area contributed by atoms with E-state index < -0.39 is 0 Å². The summed E-state index contributed by atoms with van der Waals surface area (Å²) in [6.45, 7) is 1.49. The van der Waals surface area contributed by atoms with E-state index in [-0.39, 0.29) is 5.78 Å². The zero-order chi connectivity index (χ0) is 9.30. The molecule has 0 radical (unpaired) electrons. The van der Waals surface area contributed by atoms with Crippen LogP contribution in [0.1, 0.15) is 17.3 Å². The number of hydrogen-bond donors (Lipinski definition) is 0. The van der Waals surface area contributed by atoms with Gasteiger partial charge in [-0.25, -0.2) is 0 Å². The number of benzene rings is 1. The zero-order valence-corrected chi connectivity index (χ0v) is 10.1. The van der Waals surface area contributed by atoms with E-state index in [1.54, 1.807) is 12.1 Å². The standard InChI is InChI=1S/C8H5Br2ClO/c1-4(12)5-2-3-6(9)7(10)8(5)11/h2-3H,1H3. The van der Waals surface area contributed by atoms with Crippen molar-refractivity contribution in [3.05, 3.63) is 31.7 Å². The Morgan fingerprint density at radius 3 is 2.50 bits per heavy atom. The smallest absolute Gasteiger partial charge is 0.161 e. The number of hydrogen-bond acceptors (Lipinski definition) is 1. The maximum atomic E-state index is 11.0. The maximum absolute atomic E-state index is 11.0. The summed E-state index contributed by atoms with van der Waals surface area (Å²) in [5.41, 5.74) is 0.534. The predicted octanol–water partition coefficient (Wildman–Crippen LogP) is 4.07. The second-order valence-electron chi connectivity index (χ2n) is 2.28. The Bertz CT molecular complexity index is 336. The van der Waals surface area contributed by atoms with Crippen molar-refractivity contribution in [1.29, 1.82) is 0 Å². The highest BCUT2D eigenvalue weighted by Gasteiger charge is 2.10. The van der Waals surface area contributed by atoms with Crippen LogP contribution in [0.15, 0.2) is 21.1 Å². The summed E-state index contributed by atoms with van der Waals surface area (Å²) in [5, 5.41) is 0.455. The number of ketones is 1. The second-order valence-corrected chi connectivity index (χ2v) is 4.30. The molecule has 4 heteroatoms. The summed E-state index contributed by atoms with van der Waals surface area (Å²) < 4.78 is 1.56. The van der Waals surface area contributed by atoms with Crippen LogP contribution in [0.2, 0.25) is 5.02 Å². The van der Waals surface area contributed by atoms with Gasteiger partial charge in [0.2, 0.25) is 0 Å². The molecular weight excluding hydrogens is 307 g/mol. The molecule has 12 heavy (non-hydrogen) atoms. The largest absolute Gasteiger partial charge is 0.294 e. The fourth-order valence-corrected chi connectivity index (χ4v) is 1.89. The highest BCUT2D eigenvalue weighted by molar-refractivity contribution is 9.13. The van der Waals surface area contributed by atoms with Crippen LogP contribution in [-0.2, 0) is 0 Å². The number of Topliss-reactive ketones (excluding diaryl/α,β-unsaturated/α-hetero) is 1. The Morgan fingerprint density at radius 2 is 2.00 bits per heavy atom. The Labute approximate surface area is 92.4 Å². The topological polar surface area (TPSA) is 17.1 Å². The highest BCUT2D eigenvalue weighted by atomic mass is 79.9. The fraction of sp³-hybridized carbons (Fsp3) is 0.125. The van der Waals surface area contributed by atoms with Gasteiger partial charge in [0.1, 0.15) is 0 Å². The lowest BCUT2D eigenvalue weighted by atomic mass is 10.1. The van der Waals surface area contributed by atoms with E-state index in [4.69, 9.17) is 11.6 Å². The Morgan fingerprint density at radius 1 is 1.42 bits per heavy atom. The van der Waals surface area contributed by atoms with Gasteiger partial charge in [0.25, 0.3) is 0 Å². The molecule has 1 nitrogen and oxygen atoms in total. The third kappa shape index (κ3) is 1.90. The predicted molar refractivity (Wildman–Crippen MR) is 56.9 cm³/mol. The van der Waals surface area contributed by atoms with Crippen molar-refractivity contribution >= 4 is 49.2 Å². The fourth-order valence-electron chi connectivity index (χ4n) is 0.798. The van der Waals surface area contributed by atoms with E-state index >= 15 is 0 Å². The molecule has 0 saturated heterocycles. The summed E-state index contributed by atoms with van der Waals surface area (Å²) in [5.74, 6) is -0.0341. The molecule has 0 aliphatic heterocycles. The lowest BCUT2D eigenvalue weighted by Gasteiger charge is -2.03. The van der Waals surface area contributed by atoms with Gasteiger partial charge in [0, 0.05) is 10.0 Å². The summed E-state index contributed by atoms with van der Waals surface area (Å²) in [6, 6.07) is 3.48. The van der Waals surface area contributed by atoms with Crippen LogP contribution in [-0.4, -0.2) is 5.78 Å². The van der Waals surface area contributed by atoms with Crippen LogP contribution in [0.3, 0.4) is 0 Å². The summed E-state index contributed by atoms with van der Waals surface area (Å²) in [4.78, 5) is 11.0. The third-order valence-corrected chi connectivity index (χ3v) is 4.05. The zero-order valence-electron chi connectivity index (χ0n) is 6.20. The molecule has 0 fully saturated rings. The van der Waals surface area contributed by atoms with Crippen LogP contribution in [0, 0.1) is 0 Å². The van der Waals surface area contributed by atoms with Crippen molar-refractivity contribution in [3.8, 4) is 0 Å². The molecule has 0 aromatic heterocycles. The summed E-state index contributed by atoms with van der Waals surface area (Å²) in [6.07, 6.45) is 0. The Hall–Kier alpha value is 0.140. The first kappa shape index (κ1) is 10.2. The van der Waals surface area contributed by atoms with Gasteiger partial charge in [-0.2, -0.15) is 0 Å². The van der Waals surface area contributed by atoms with Gasteiger partial charge in [-0.3, -0.25) is 4.79 Å². The number of carbonyl (C=O) groups excluding carboxylic acids is 1. The van der Waals surface area contributed by atoms with Gasteiger partial charge in [-0.1, -0.05) is 11.6 Å². The minimum absolute atomic E-state index is 0.0341. The molecule has 0 aliphatic rings. The average molecular weight is 312 g/mol. The molecule has 0 heterocycles. The minimum atomic E-state index is -0.0341. The van der Waals surface area contributed by atoms with Gasteiger partial charge in [-0.15, -0.1) is 0 Å². The Kier molecular flexibility index (Phi) is 3.32. The van der Waals surface area contributed by atoms with E-state index in [2.05, 4.69) is 31.9 Å². The van der Waals surface area contributed by atoms with Gasteiger partial charge < -0.3 is 0 Å². The lowest BCUT2D eigenvalue weighted by molar-refractivity contribution is 0.101. The highest BCUT2D eigenvalue weighted by Crippen LogP contribution is 2.33. The van der Waals surface area contributed by atoms with Gasteiger partial charge in [0.15, 0.2) is 5.78 Å². The van der Waals surface area contributed by atoms with Crippen LogP contribution in [0.5, 0.6) is 0 Å². The molecule has 0 spiro atoms. The number of carbonyl (C=O) groups is 1. The lowest BCUT2D eigenvalue weighted by Crippen LogP contribution is -1.93. The molecule has 1 aromatic rings.